The van der Waals surface area contributed by atoms with Gasteiger partial charge in [-0.15, -0.1) is 0 Å². The third-order valence-corrected chi connectivity index (χ3v) is 3.57. The maximum absolute atomic E-state index is 11.2. The summed E-state index contributed by atoms with van der Waals surface area (Å²) in [5, 5.41) is 0. The fourth-order valence-corrected chi connectivity index (χ4v) is 3.21. The minimum absolute atomic E-state index is 0.0984. The van der Waals surface area contributed by atoms with Crippen molar-refractivity contribution in [2.45, 2.75) is 19.8 Å². The zero-order chi connectivity index (χ0) is 9.30. The first-order chi connectivity index (χ1) is 5.52. The molecule has 0 atom stereocenters. The summed E-state index contributed by atoms with van der Waals surface area (Å²) in [6, 6.07) is 0. The number of carbonyl (C=O) groups excluding carboxylic acids is 3. The molecule has 0 radical (unpaired) electrons. The van der Waals surface area contributed by atoms with Gasteiger partial charge in [0.2, 0.25) is 0 Å². The van der Waals surface area contributed by atoms with Crippen molar-refractivity contribution in [1.29, 1.82) is 0 Å². The zero-order valence-corrected chi connectivity index (χ0v) is 12.2. The monoisotopic (exact) mass is 238 g/mol. The van der Waals surface area contributed by atoms with Crippen molar-refractivity contribution < 1.29 is 14.4 Å². The molecule has 0 heterocycles. The van der Waals surface area contributed by atoms with Crippen LogP contribution in [0, 0.1) is 11.8 Å². The average molecular weight is 239 g/mol. The standard InChI is InChI=1S/C8H9O3.Rb/c1-5-2-7(10)6(4-9)8(11)3-5;/h5-6H,2-3H2,1H3;. The van der Waals surface area contributed by atoms with Gasteiger partial charge in [-0.2, -0.15) is 0 Å². The summed E-state index contributed by atoms with van der Waals surface area (Å²) < 4.78 is -0.0984. The van der Waals surface area contributed by atoms with Gasteiger partial charge in [-0.05, 0) is 0 Å². The number of ketones is 2. The maximum atomic E-state index is 11.2. The second kappa shape index (κ2) is 4.35. The normalized spacial score (nSPS) is 30.6. The van der Waals surface area contributed by atoms with E-state index in [-0.39, 0.29) is 71.9 Å². The first kappa shape index (κ1) is 10.9. The first-order valence-electron chi connectivity index (χ1n) is 4.08. The van der Waals surface area contributed by atoms with E-state index in [9.17, 15) is 14.4 Å². The zero-order valence-electron chi connectivity index (χ0n) is 7.29. The van der Waals surface area contributed by atoms with E-state index in [1.165, 1.54) is 0 Å². The van der Waals surface area contributed by atoms with E-state index in [1.807, 2.05) is 6.92 Å². The quantitative estimate of drug-likeness (QED) is 0.598. The number of rotatable bonds is 1. The van der Waals surface area contributed by atoms with Crippen LogP contribution in [0.2, 0.25) is 0 Å². The topological polar surface area (TPSA) is 51.2 Å². The molecule has 0 N–H and O–H groups in total. The third-order valence-electron chi connectivity index (χ3n) is 2.15. The summed E-state index contributed by atoms with van der Waals surface area (Å²) in [5.74, 6) is -1.02. The van der Waals surface area contributed by atoms with Gasteiger partial charge >= 0.3 is 112 Å². The molecule has 4 heteroatoms. The van der Waals surface area contributed by atoms with Crippen molar-refractivity contribution in [1.82, 2.24) is 0 Å². The fraction of sp³-hybridized carbons (Fsp3) is 0.625. The SMILES string of the molecule is CC1CC(=O)C([C](=O)[Rb])C(=O)C1. The van der Waals surface area contributed by atoms with Crippen molar-refractivity contribution in [3.63, 3.8) is 0 Å². The number of Topliss-reactive ketones (excluding diaryl/α,β-unsaturated/α-hetero) is 2. The molecule has 1 fully saturated rings. The van der Waals surface area contributed by atoms with Gasteiger partial charge < -0.3 is 0 Å². The Morgan fingerprint density at radius 2 is 1.75 bits per heavy atom. The van der Waals surface area contributed by atoms with E-state index in [0.29, 0.717) is 12.8 Å². The summed E-state index contributed by atoms with van der Waals surface area (Å²) in [6.07, 6.45) is 0.809. The van der Waals surface area contributed by atoms with Crippen molar-refractivity contribution in [2.75, 3.05) is 0 Å². The first-order valence-corrected chi connectivity index (χ1v) is 6.54. The Labute approximate surface area is 110 Å². The molecule has 0 aromatic heterocycles. The summed E-state index contributed by atoms with van der Waals surface area (Å²) >= 11 is -0.215. The van der Waals surface area contributed by atoms with Crippen LogP contribution in [0.1, 0.15) is 19.8 Å². The molecule has 0 unspecified atom stereocenters. The summed E-state index contributed by atoms with van der Waals surface area (Å²) in [4.78, 5) is 33.5. The van der Waals surface area contributed by atoms with Crippen molar-refractivity contribution in [2.24, 2.45) is 11.8 Å². The molecule has 0 aromatic carbocycles. The molecule has 12 heavy (non-hydrogen) atoms. The van der Waals surface area contributed by atoms with Crippen LogP contribution in [0.15, 0.2) is 0 Å². The molecule has 1 saturated carbocycles. The molecule has 0 saturated heterocycles. The van der Waals surface area contributed by atoms with Gasteiger partial charge in [0.1, 0.15) is 0 Å². The van der Waals surface area contributed by atoms with Crippen LogP contribution in [0.5, 0.6) is 0 Å². The Kier molecular flexibility index (Phi) is 3.95. The van der Waals surface area contributed by atoms with Gasteiger partial charge in [-0.1, -0.05) is 0 Å². The van der Waals surface area contributed by atoms with Crippen LogP contribution in [0.25, 0.3) is 0 Å². The molecule has 0 aromatic rings. The van der Waals surface area contributed by atoms with E-state index in [2.05, 4.69) is 0 Å². The Morgan fingerprint density at radius 3 is 2.08 bits per heavy atom. The molecule has 1 aliphatic carbocycles. The summed E-state index contributed by atoms with van der Waals surface area (Å²) in [6.45, 7) is 1.87. The Hall–Kier alpha value is 0.815. The number of hydrogen-bond acceptors (Lipinski definition) is 3. The van der Waals surface area contributed by atoms with Crippen LogP contribution in [-0.2, 0) is 14.4 Å². The van der Waals surface area contributed by atoms with Crippen molar-refractivity contribution in [3.05, 3.63) is 0 Å². The minimum atomic E-state index is -0.850. The molecular formula is C8H9O3Rb. The van der Waals surface area contributed by atoms with E-state index in [0.717, 1.165) is 0 Å². The van der Waals surface area contributed by atoms with Gasteiger partial charge in [0, 0.05) is 0 Å². The molecule has 3 nitrogen and oxygen atoms in total. The number of carbonyl (C=O) groups is 3. The summed E-state index contributed by atoms with van der Waals surface area (Å²) in [5.41, 5.74) is 0. The molecule has 60 valence electrons. The van der Waals surface area contributed by atoms with Crippen molar-refractivity contribution >= 4 is 66.0 Å². The molecule has 0 aliphatic heterocycles. The summed E-state index contributed by atoms with van der Waals surface area (Å²) in [7, 11) is 0. The van der Waals surface area contributed by atoms with Gasteiger partial charge in [-0.25, -0.2) is 0 Å². The molecule has 0 spiro atoms. The van der Waals surface area contributed by atoms with Crippen LogP contribution in [0.3, 0.4) is 0 Å². The van der Waals surface area contributed by atoms with Crippen LogP contribution in [-0.4, -0.2) is 66.0 Å². The third kappa shape index (κ3) is 2.40. The van der Waals surface area contributed by atoms with Crippen LogP contribution in [0.4, 0.5) is 0 Å². The Morgan fingerprint density at radius 1 is 1.33 bits per heavy atom. The predicted molar refractivity (Wildman–Crippen MR) is 42.7 cm³/mol. The van der Waals surface area contributed by atoms with Crippen LogP contribution >= 0.6 is 0 Å². The Bertz CT molecular complexity index is 229. The second-order valence-corrected chi connectivity index (χ2v) is 5.91. The second-order valence-electron chi connectivity index (χ2n) is 3.49. The molecule has 1 aliphatic rings. The van der Waals surface area contributed by atoms with E-state index >= 15 is 0 Å². The predicted octanol–water partition coefficient (Wildman–Crippen LogP) is -0.134. The molecule has 1 rings (SSSR count). The van der Waals surface area contributed by atoms with E-state index in [1.54, 1.807) is 0 Å². The molecular weight excluding hydrogens is 230 g/mol. The average Bonchev–Trinajstić information content (AvgIpc) is 1.82. The molecule has 0 amide bonds. The Balaban J connectivity index is 2.81. The van der Waals surface area contributed by atoms with Crippen molar-refractivity contribution in [3.8, 4) is 0 Å². The van der Waals surface area contributed by atoms with Gasteiger partial charge in [-0.3, -0.25) is 0 Å². The molecule has 0 bridgehead atoms. The fourth-order valence-electron chi connectivity index (χ4n) is 1.63. The van der Waals surface area contributed by atoms with E-state index < -0.39 is 5.92 Å². The van der Waals surface area contributed by atoms with E-state index in [4.69, 9.17) is 0 Å². The van der Waals surface area contributed by atoms with Gasteiger partial charge in [0.25, 0.3) is 0 Å². The van der Waals surface area contributed by atoms with Gasteiger partial charge in [0.15, 0.2) is 0 Å². The number of hydrogen-bond donors (Lipinski definition) is 0. The van der Waals surface area contributed by atoms with Crippen LogP contribution < -0.4 is 0 Å². The van der Waals surface area contributed by atoms with Gasteiger partial charge in [0.05, 0.1) is 0 Å².